The normalized spacial score (nSPS) is 10.1. The second-order valence-corrected chi connectivity index (χ2v) is 3.95. The lowest BCUT2D eigenvalue weighted by Crippen LogP contribution is -2.03. The van der Waals surface area contributed by atoms with Crippen molar-refractivity contribution in [1.82, 2.24) is 0 Å². The van der Waals surface area contributed by atoms with Gasteiger partial charge >= 0.3 is 0 Å². The van der Waals surface area contributed by atoms with Gasteiger partial charge in [0.25, 0.3) is 0 Å². The summed E-state index contributed by atoms with van der Waals surface area (Å²) >= 11 is 0. The van der Waals surface area contributed by atoms with Crippen molar-refractivity contribution in [2.24, 2.45) is 0 Å². The molecule has 0 saturated heterocycles. The molecule has 0 bridgehead atoms. The molecule has 2 nitrogen and oxygen atoms in total. The van der Waals surface area contributed by atoms with Crippen molar-refractivity contribution in [2.75, 3.05) is 7.11 Å². The number of ketones is 1. The molecule has 0 aliphatic carbocycles. The Morgan fingerprint density at radius 2 is 1.67 bits per heavy atom. The predicted octanol–water partition coefficient (Wildman–Crippen LogP) is 3.26. The molecular weight excluding hydrogens is 231 g/mol. The summed E-state index contributed by atoms with van der Waals surface area (Å²) < 4.78 is 17.8. The van der Waals surface area contributed by atoms with Gasteiger partial charge in [-0.1, -0.05) is 12.1 Å². The third-order valence-corrected chi connectivity index (χ3v) is 2.69. The van der Waals surface area contributed by atoms with E-state index in [-0.39, 0.29) is 18.0 Å². The molecule has 3 heteroatoms. The Kier molecular flexibility index (Phi) is 3.72. The van der Waals surface area contributed by atoms with Crippen LogP contribution in [-0.4, -0.2) is 12.9 Å². The van der Waals surface area contributed by atoms with Crippen molar-refractivity contribution in [2.45, 2.75) is 6.42 Å². The summed E-state index contributed by atoms with van der Waals surface area (Å²) in [5, 5.41) is 0. The molecule has 2 rings (SSSR count). The van der Waals surface area contributed by atoms with E-state index in [1.807, 2.05) is 0 Å². The molecule has 0 atom stereocenters. The minimum Gasteiger partial charge on any atom is -0.497 e. The first-order valence-electron chi connectivity index (χ1n) is 5.61. The van der Waals surface area contributed by atoms with E-state index < -0.39 is 0 Å². The van der Waals surface area contributed by atoms with Crippen LogP contribution in [0.1, 0.15) is 15.9 Å². The summed E-state index contributed by atoms with van der Waals surface area (Å²) in [6, 6.07) is 12.9. The summed E-state index contributed by atoms with van der Waals surface area (Å²) in [7, 11) is 1.58. The largest absolute Gasteiger partial charge is 0.497 e. The van der Waals surface area contributed by atoms with Crippen LogP contribution in [0, 0.1) is 5.82 Å². The van der Waals surface area contributed by atoms with Crippen LogP contribution >= 0.6 is 0 Å². The molecule has 2 aromatic carbocycles. The minimum absolute atomic E-state index is 0.00395. The molecule has 0 fully saturated rings. The number of hydrogen-bond acceptors (Lipinski definition) is 2. The number of ether oxygens (including phenoxy) is 1. The molecular formula is C15H13FO2. The first-order valence-corrected chi connectivity index (χ1v) is 5.61. The second kappa shape index (κ2) is 5.45. The Labute approximate surface area is 105 Å². The van der Waals surface area contributed by atoms with Gasteiger partial charge in [-0.05, 0) is 42.0 Å². The maximum absolute atomic E-state index is 12.7. The van der Waals surface area contributed by atoms with E-state index in [4.69, 9.17) is 4.74 Å². The average Bonchev–Trinajstić information content (AvgIpc) is 2.41. The van der Waals surface area contributed by atoms with Crippen LogP contribution in [0.15, 0.2) is 48.5 Å². The van der Waals surface area contributed by atoms with E-state index >= 15 is 0 Å². The third kappa shape index (κ3) is 2.94. The first-order chi connectivity index (χ1) is 8.69. The zero-order valence-electron chi connectivity index (χ0n) is 10.0. The lowest BCUT2D eigenvalue weighted by Gasteiger charge is -2.03. The molecule has 0 radical (unpaired) electrons. The van der Waals surface area contributed by atoms with E-state index in [9.17, 15) is 9.18 Å². The predicted molar refractivity (Wildman–Crippen MR) is 67.4 cm³/mol. The van der Waals surface area contributed by atoms with E-state index in [0.717, 1.165) is 5.56 Å². The summed E-state index contributed by atoms with van der Waals surface area (Å²) in [4.78, 5) is 12.0. The van der Waals surface area contributed by atoms with Crippen molar-refractivity contribution < 1.29 is 13.9 Å². The van der Waals surface area contributed by atoms with Gasteiger partial charge in [-0.15, -0.1) is 0 Å². The zero-order valence-corrected chi connectivity index (χ0v) is 10.0. The quantitative estimate of drug-likeness (QED) is 0.772. The number of carbonyl (C=O) groups is 1. The Morgan fingerprint density at radius 3 is 2.22 bits per heavy atom. The lowest BCUT2D eigenvalue weighted by molar-refractivity contribution is 0.0993. The van der Waals surface area contributed by atoms with Gasteiger partial charge in [-0.25, -0.2) is 4.39 Å². The van der Waals surface area contributed by atoms with Crippen molar-refractivity contribution in [1.29, 1.82) is 0 Å². The van der Waals surface area contributed by atoms with Gasteiger partial charge in [0, 0.05) is 12.0 Å². The summed E-state index contributed by atoms with van der Waals surface area (Å²) in [5.41, 5.74) is 1.43. The lowest BCUT2D eigenvalue weighted by atomic mass is 10.0. The molecule has 0 amide bonds. The van der Waals surface area contributed by atoms with E-state index in [1.54, 1.807) is 43.5 Å². The van der Waals surface area contributed by atoms with E-state index in [1.165, 1.54) is 12.1 Å². The fraction of sp³-hybridized carbons (Fsp3) is 0.133. The van der Waals surface area contributed by atoms with Crippen LogP contribution in [-0.2, 0) is 6.42 Å². The van der Waals surface area contributed by atoms with Crippen LogP contribution < -0.4 is 4.74 Å². The Bertz CT molecular complexity index is 529. The summed E-state index contributed by atoms with van der Waals surface area (Å²) in [6.07, 6.45) is 0.270. The smallest absolute Gasteiger partial charge is 0.167 e. The number of rotatable bonds is 4. The first kappa shape index (κ1) is 12.3. The monoisotopic (exact) mass is 244 g/mol. The Morgan fingerprint density at radius 1 is 1.06 bits per heavy atom. The van der Waals surface area contributed by atoms with Gasteiger partial charge in [-0.2, -0.15) is 0 Å². The van der Waals surface area contributed by atoms with Gasteiger partial charge in [-0.3, -0.25) is 4.79 Å². The maximum Gasteiger partial charge on any atom is 0.167 e. The second-order valence-electron chi connectivity index (χ2n) is 3.95. The highest BCUT2D eigenvalue weighted by Gasteiger charge is 2.07. The zero-order chi connectivity index (χ0) is 13.0. The van der Waals surface area contributed by atoms with Crippen molar-refractivity contribution in [3.63, 3.8) is 0 Å². The fourth-order valence-corrected chi connectivity index (χ4v) is 1.67. The molecule has 0 saturated carbocycles. The molecule has 0 aromatic heterocycles. The molecule has 18 heavy (non-hydrogen) atoms. The number of methoxy groups -OCH3 is 1. The minimum atomic E-state index is -0.296. The average molecular weight is 244 g/mol. The molecule has 92 valence electrons. The molecule has 2 aromatic rings. The molecule has 0 spiro atoms. The maximum atomic E-state index is 12.7. The topological polar surface area (TPSA) is 26.3 Å². The van der Waals surface area contributed by atoms with Gasteiger partial charge in [0.2, 0.25) is 0 Å². The van der Waals surface area contributed by atoms with Crippen molar-refractivity contribution >= 4 is 5.78 Å². The van der Waals surface area contributed by atoms with Gasteiger partial charge in [0.05, 0.1) is 7.11 Å². The molecule has 0 heterocycles. The van der Waals surface area contributed by atoms with E-state index in [0.29, 0.717) is 11.3 Å². The van der Waals surface area contributed by atoms with Crippen molar-refractivity contribution in [3.8, 4) is 5.75 Å². The molecule has 0 aliphatic rings. The Hall–Kier alpha value is -2.16. The number of Topliss-reactive ketones (excluding diaryl/α,β-unsaturated/α-hetero) is 1. The van der Waals surface area contributed by atoms with Gasteiger partial charge in [0.1, 0.15) is 11.6 Å². The number of carbonyl (C=O) groups excluding carboxylic acids is 1. The highest BCUT2D eigenvalue weighted by molar-refractivity contribution is 5.97. The van der Waals surface area contributed by atoms with Gasteiger partial charge in [0.15, 0.2) is 5.78 Å². The van der Waals surface area contributed by atoms with Gasteiger partial charge < -0.3 is 4.74 Å². The SMILES string of the molecule is COc1ccc(C(=O)Cc2ccc(F)cc2)cc1. The molecule has 0 N–H and O–H groups in total. The molecule has 0 aliphatic heterocycles. The third-order valence-electron chi connectivity index (χ3n) is 2.69. The Balaban J connectivity index is 2.09. The highest BCUT2D eigenvalue weighted by Crippen LogP contribution is 2.14. The summed E-state index contributed by atoms with van der Waals surface area (Å²) in [6.45, 7) is 0. The fourth-order valence-electron chi connectivity index (χ4n) is 1.67. The number of hydrogen-bond donors (Lipinski definition) is 0. The molecule has 0 unspecified atom stereocenters. The van der Waals surface area contributed by atoms with Crippen LogP contribution in [0.25, 0.3) is 0 Å². The van der Waals surface area contributed by atoms with Crippen molar-refractivity contribution in [3.05, 3.63) is 65.5 Å². The van der Waals surface area contributed by atoms with Crippen LogP contribution in [0.5, 0.6) is 5.75 Å². The number of halogens is 1. The van der Waals surface area contributed by atoms with Crippen LogP contribution in [0.3, 0.4) is 0 Å². The van der Waals surface area contributed by atoms with E-state index in [2.05, 4.69) is 0 Å². The summed E-state index contributed by atoms with van der Waals surface area (Å²) in [5.74, 6) is 0.424. The standard InChI is InChI=1S/C15H13FO2/c1-18-14-8-4-12(5-9-14)15(17)10-11-2-6-13(16)7-3-11/h2-9H,10H2,1H3. The highest BCUT2D eigenvalue weighted by atomic mass is 19.1. The van der Waals surface area contributed by atoms with Crippen LogP contribution in [0.2, 0.25) is 0 Å². The number of benzene rings is 2. The van der Waals surface area contributed by atoms with Crippen LogP contribution in [0.4, 0.5) is 4.39 Å².